The summed E-state index contributed by atoms with van der Waals surface area (Å²) in [5.74, 6) is 0. The molecule has 3 nitrogen and oxygen atoms in total. The average Bonchev–Trinajstić information content (AvgIpc) is 2.45. The van der Waals surface area contributed by atoms with E-state index in [0.29, 0.717) is 13.2 Å². The van der Waals surface area contributed by atoms with Crippen molar-refractivity contribution < 1.29 is 13.6 Å². The minimum absolute atomic E-state index is 0.0248. The Morgan fingerprint density at radius 3 is 1.81 bits per heavy atom. The lowest BCUT2D eigenvalue weighted by Gasteiger charge is -2.34. The quantitative estimate of drug-likeness (QED) is 0.310. The van der Waals surface area contributed by atoms with Crippen molar-refractivity contribution in [2.45, 2.75) is 84.5 Å². The minimum Gasteiger partial charge on any atom is -0.296 e. The molecule has 1 fully saturated rings. The van der Waals surface area contributed by atoms with Gasteiger partial charge in [-0.15, -0.1) is 0 Å². The van der Waals surface area contributed by atoms with Gasteiger partial charge in [-0.05, 0) is 6.42 Å². The molecule has 1 rings (SSSR count). The smallest absolute Gasteiger partial charge is 0.296 e. The first-order chi connectivity index (χ1) is 9.97. The van der Waals surface area contributed by atoms with E-state index in [2.05, 4.69) is 13.8 Å². The molecule has 21 heavy (non-hydrogen) atoms. The number of rotatable bonds is 11. The van der Waals surface area contributed by atoms with Crippen LogP contribution in [-0.4, -0.2) is 13.2 Å². The van der Waals surface area contributed by atoms with Crippen molar-refractivity contribution in [1.82, 2.24) is 0 Å². The lowest BCUT2D eigenvalue weighted by Crippen LogP contribution is -2.31. The van der Waals surface area contributed by atoms with Gasteiger partial charge in [0.05, 0.1) is 13.2 Å². The maximum atomic E-state index is 11.4. The second-order valence-electron chi connectivity index (χ2n) is 6.72. The van der Waals surface area contributed by atoms with Crippen LogP contribution in [0.3, 0.4) is 0 Å². The molecule has 5 heteroatoms. The van der Waals surface area contributed by atoms with Crippen molar-refractivity contribution >= 4 is 18.2 Å². The highest BCUT2D eigenvalue weighted by Gasteiger charge is 2.37. The molecule has 0 radical (unpaired) electrons. The Hall–Kier alpha value is 0.440. The van der Waals surface area contributed by atoms with Gasteiger partial charge in [0.1, 0.15) is 0 Å². The lowest BCUT2D eigenvalue weighted by atomic mass is 9.86. The van der Waals surface area contributed by atoms with Gasteiger partial charge in [0.2, 0.25) is 0 Å². The fourth-order valence-corrected chi connectivity index (χ4v) is 4.03. The minimum atomic E-state index is -3.26. The number of hydrogen-bond acceptors (Lipinski definition) is 3. The summed E-state index contributed by atoms with van der Waals surface area (Å²) < 4.78 is 21.6. The molecule has 0 aliphatic carbocycles. The van der Waals surface area contributed by atoms with Gasteiger partial charge in [-0.1, -0.05) is 78.1 Å². The maximum absolute atomic E-state index is 11.4. The molecule has 1 saturated heterocycles. The van der Waals surface area contributed by atoms with Gasteiger partial charge in [-0.25, -0.2) is 4.57 Å². The van der Waals surface area contributed by atoms with Gasteiger partial charge in [-0.2, -0.15) is 0 Å². The lowest BCUT2D eigenvalue weighted by molar-refractivity contribution is 0.0289. The van der Waals surface area contributed by atoms with Crippen molar-refractivity contribution in [2.24, 2.45) is 5.41 Å². The van der Waals surface area contributed by atoms with Gasteiger partial charge in [0, 0.05) is 16.7 Å². The zero-order valence-corrected chi connectivity index (χ0v) is 15.4. The summed E-state index contributed by atoms with van der Waals surface area (Å²) in [4.78, 5) is 0. The van der Waals surface area contributed by atoms with Crippen LogP contribution in [0.5, 0.6) is 0 Å². The van der Waals surface area contributed by atoms with Gasteiger partial charge >= 0.3 is 6.95 Å². The summed E-state index contributed by atoms with van der Waals surface area (Å²) in [6.07, 6.45) is 14.5. The van der Waals surface area contributed by atoms with Crippen molar-refractivity contribution in [3.05, 3.63) is 0 Å². The molecule has 1 aliphatic heterocycles. The van der Waals surface area contributed by atoms with Crippen molar-refractivity contribution in [3.63, 3.8) is 0 Å². The fourth-order valence-electron chi connectivity index (χ4n) is 2.73. The molecule has 0 saturated carbocycles. The maximum Gasteiger partial charge on any atom is 0.424 e. The summed E-state index contributed by atoms with van der Waals surface area (Å²) in [6, 6.07) is 0. The van der Waals surface area contributed by atoms with Crippen LogP contribution in [0.1, 0.15) is 84.5 Å². The van der Waals surface area contributed by atoms with E-state index in [4.69, 9.17) is 20.3 Å². The van der Waals surface area contributed by atoms with Gasteiger partial charge < -0.3 is 0 Å². The van der Waals surface area contributed by atoms with E-state index in [1.165, 1.54) is 64.2 Å². The van der Waals surface area contributed by atoms with Crippen molar-refractivity contribution in [2.75, 3.05) is 13.2 Å². The first kappa shape index (κ1) is 19.5. The zero-order valence-electron chi connectivity index (χ0n) is 13.7. The highest BCUT2D eigenvalue weighted by Crippen LogP contribution is 2.58. The van der Waals surface area contributed by atoms with Crippen LogP contribution in [0.15, 0.2) is 0 Å². The Kier molecular flexibility index (Phi) is 9.52. The third kappa shape index (κ3) is 9.23. The normalized spacial score (nSPS) is 29.7. The second kappa shape index (κ2) is 10.3. The molecule has 0 N–H and O–H groups in total. The third-order valence-corrected chi connectivity index (χ3v) is 5.73. The van der Waals surface area contributed by atoms with Crippen molar-refractivity contribution in [3.8, 4) is 0 Å². The van der Waals surface area contributed by atoms with Gasteiger partial charge in [0.15, 0.2) is 0 Å². The second-order valence-corrected chi connectivity index (χ2v) is 9.34. The van der Waals surface area contributed by atoms with Crippen LogP contribution in [0.4, 0.5) is 0 Å². The van der Waals surface area contributed by atoms with E-state index in [1.807, 2.05) is 0 Å². The molecule has 0 unspecified atom stereocenters. The Labute approximate surface area is 135 Å². The molecule has 0 aromatic carbocycles. The predicted octanol–water partition coefficient (Wildman–Crippen LogP) is 6.70. The largest absolute Gasteiger partial charge is 0.424 e. The Bertz CT molecular complexity index is 311. The van der Waals surface area contributed by atoms with E-state index in [-0.39, 0.29) is 5.41 Å². The SMILES string of the molecule is CCCCCCCCCCCCC1(C)COP(=O)(Cl)OC1. The molecule has 0 atom stereocenters. The van der Waals surface area contributed by atoms with Crippen LogP contribution >= 0.6 is 18.2 Å². The summed E-state index contributed by atoms with van der Waals surface area (Å²) in [5, 5.41) is 0. The Morgan fingerprint density at radius 2 is 1.33 bits per heavy atom. The molecule has 0 bridgehead atoms. The topological polar surface area (TPSA) is 35.5 Å². The highest BCUT2D eigenvalue weighted by molar-refractivity contribution is 7.81. The molecule has 0 amide bonds. The molecule has 1 aliphatic rings. The molecule has 1 heterocycles. The highest BCUT2D eigenvalue weighted by atomic mass is 35.7. The molecule has 0 aromatic rings. The summed E-state index contributed by atoms with van der Waals surface area (Å²) in [5.41, 5.74) is -0.0248. The van der Waals surface area contributed by atoms with E-state index in [1.54, 1.807) is 0 Å². The summed E-state index contributed by atoms with van der Waals surface area (Å²) >= 11 is 5.57. The van der Waals surface area contributed by atoms with E-state index >= 15 is 0 Å². The fraction of sp³-hybridized carbons (Fsp3) is 1.00. The van der Waals surface area contributed by atoms with Crippen LogP contribution in [0, 0.1) is 5.41 Å². The molecule has 0 spiro atoms. The third-order valence-electron chi connectivity index (χ3n) is 4.27. The van der Waals surface area contributed by atoms with Crippen LogP contribution in [0.2, 0.25) is 0 Å². The van der Waals surface area contributed by atoms with E-state index < -0.39 is 6.95 Å². The monoisotopic (exact) mass is 338 g/mol. The number of hydrogen-bond donors (Lipinski definition) is 0. The summed E-state index contributed by atoms with van der Waals surface area (Å²) in [6.45, 7) is 2.02. The van der Waals surface area contributed by atoms with Crippen LogP contribution in [0.25, 0.3) is 0 Å². The zero-order chi connectivity index (χ0) is 15.6. The standard InChI is InChI=1S/C16H32ClO3P/c1-3-4-5-6-7-8-9-10-11-12-13-16(2)14-19-21(17,18)20-15-16/h3-15H2,1-2H3. The van der Waals surface area contributed by atoms with Crippen LogP contribution in [-0.2, 0) is 13.6 Å². The number of unbranched alkanes of at least 4 members (excludes halogenated alkanes) is 9. The average molecular weight is 339 g/mol. The van der Waals surface area contributed by atoms with Gasteiger partial charge in [0.25, 0.3) is 0 Å². The molecule has 126 valence electrons. The predicted molar refractivity (Wildman–Crippen MR) is 89.9 cm³/mol. The Balaban J connectivity index is 1.93. The van der Waals surface area contributed by atoms with Crippen LogP contribution < -0.4 is 0 Å². The molecule has 0 aromatic heterocycles. The first-order valence-corrected chi connectivity index (χ1v) is 11.0. The molecular formula is C16H32ClO3P. The van der Waals surface area contributed by atoms with Gasteiger partial charge in [-0.3, -0.25) is 9.05 Å². The number of halogens is 1. The summed E-state index contributed by atoms with van der Waals surface area (Å²) in [7, 11) is 0. The Morgan fingerprint density at radius 1 is 0.905 bits per heavy atom. The van der Waals surface area contributed by atoms with Crippen molar-refractivity contribution in [1.29, 1.82) is 0 Å². The first-order valence-electron chi connectivity index (χ1n) is 8.56. The van der Waals surface area contributed by atoms with E-state index in [0.717, 1.165) is 6.42 Å². The van der Waals surface area contributed by atoms with E-state index in [9.17, 15) is 4.57 Å². The molecular weight excluding hydrogens is 307 g/mol.